The number of benzene rings is 1. The van der Waals surface area contributed by atoms with Crippen LogP contribution in [0.3, 0.4) is 0 Å². The predicted molar refractivity (Wildman–Crippen MR) is 83.5 cm³/mol. The number of nitrogens with one attached hydrogen (secondary N) is 1. The lowest BCUT2D eigenvalue weighted by Gasteiger charge is -2.37. The molecule has 0 radical (unpaired) electrons. The van der Waals surface area contributed by atoms with Gasteiger partial charge >= 0.3 is 0 Å². The van der Waals surface area contributed by atoms with Crippen LogP contribution < -0.4 is 10.2 Å². The first-order valence-electron chi connectivity index (χ1n) is 7.04. The van der Waals surface area contributed by atoms with E-state index in [9.17, 15) is 5.11 Å². The molecule has 1 aliphatic rings. The Morgan fingerprint density at radius 1 is 1.47 bits per heavy atom. The lowest BCUT2D eigenvalue weighted by molar-refractivity contribution is 0.0970. The standard InChI is InChI=1S/C15H23BrN2O/c1-3-17-9-12-8-13(16)4-5-14(12)18-7-6-15(19)11(2)10-18/h4-5,8,11,15,17,19H,3,6-7,9-10H2,1-2H3. The molecular formula is C15H23BrN2O. The van der Waals surface area contributed by atoms with Crippen molar-refractivity contribution >= 4 is 21.6 Å². The van der Waals surface area contributed by atoms with Gasteiger partial charge in [-0.05, 0) is 42.6 Å². The van der Waals surface area contributed by atoms with Crippen LogP contribution in [-0.4, -0.2) is 30.8 Å². The molecule has 1 aliphatic heterocycles. The van der Waals surface area contributed by atoms with Crippen LogP contribution in [-0.2, 0) is 6.54 Å². The van der Waals surface area contributed by atoms with E-state index in [1.165, 1.54) is 11.3 Å². The fourth-order valence-corrected chi connectivity index (χ4v) is 3.02. The Hall–Kier alpha value is -0.580. The van der Waals surface area contributed by atoms with Gasteiger partial charge in [-0.1, -0.05) is 29.8 Å². The van der Waals surface area contributed by atoms with Gasteiger partial charge < -0.3 is 15.3 Å². The molecule has 4 heteroatoms. The first-order valence-corrected chi connectivity index (χ1v) is 7.83. The SMILES string of the molecule is CCNCc1cc(Br)ccc1N1CCC(O)C(C)C1. The number of hydrogen-bond donors (Lipinski definition) is 2. The van der Waals surface area contributed by atoms with Crippen molar-refractivity contribution in [1.82, 2.24) is 5.32 Å². The summed E-state index contributed by atoms with van der Waals surface area (Å²) in [5.74, 6) is 0.337. The highest BCUT2D eigenvalue weighted by atomic mass is 79.9. The van der Waals surface area contributed by atoms with Crippen molar-refractivity contribution < 1.29 is 5.11 Å². The Kier molecular flexibility index (Phi) is 5.25. The molecule has 1 aromatic rings. The van der Waals surface area contributed by atoms with E-state index in [-0.39, 0.29) is 6.10 Å². The number of piperidine rings is 1. The molecule has 0 spiro atoms. The molecule has 0 aromatic heterocycles. The molecule has 1 saturated heterocycles. The van der Waals surface area contributed by atoms with Gasteiger partial charge in [-0.3, -0.25) is 0 Å². The van der Waals surface area contributed by atoms with E-state index in [0.29, 0.717) is 5.92 Å². The van der Waals surface area contributed by atoms with Gasteiger partial charge in [0, 0.05) is 29.8 Å². The lowest BCUT2D eigenvalue weighted by atomic mass is 9.95. The van der Waals surface area contributed by atoms with E-state index >= 15 is 0 Å². The Bertz CT molecular complexity index is 425. The van der Waals surface area contributed by atoms with Gasteiger partial charge in [0.25, 0.3) is 0 Å². The summed E-state index contributed by atoms with van der Waals surface area (Å²) >= 11 is 3.55. The van der Waals surface area contributed by atoms with Crippen LogP contribution in [0.15, 0.2) is 22.7 Å². The Morgan fingerprint density at radius 2 is 2.26 bits per heavy atom. The average molecular weight is 327 g/mol. The summed E-state index contributed by atoms with van der Waals surface area (Å²) in [5, 5.41) is 13.2. The van der Waals surface area contributed by atoms with Crippen molar-refractivity contribution in [3.05, 3.63) is 28.2 Å². The van der Waals surface area contributed by atoms with Gasteiger partial charge in [-0.15, -0.1) is 0 Å². The molecule has 0 aliphatic carbocycles. The van der Waals surface area contributed by atoms with E-state index in [2.05, 4.69) is 58.2 Å². The first kappa shape index (κ1) is 14.8. The largest absolute Gasteiger partial charge is 0.393 e. The molecule has 3 nitrogen and oxygen atoms in total. The Morgan fingerprint density at radius 3 is 2.95 bits per heavy atom. The third-order valence-electron chi connectivity index (χ3n) is 3.81. The van der Waals surface area contributed by atoms with Crippen LogP contribution in [0.2, 0.25) is 0 Å². The zero-order valence-corrected chi connectivity index (χ0v) is 13.3. The maximum atomic E-state index is 9.85. The molecule has 2 rings (SSSR count). The molecule has 2 atom stereocenters. The second-order valence-electron chi connectivity index (χ2n) is 5.33. The molecule has 0 amide bonds. The van der Waals surface area contributed by atoms with Crippen LogP contribution in [0.1, 0.15) is 25.8 Å². The number of anilines is 1. The maximum absolute atomic E-state index is 9.85. The van der Waals surface area contributed by atoms with Crippen LogP contribution >= 0.6 is 15.9 Å². The zero-order chi connectivity index (χ0) is 13.8. The van der Waals surface area contributed by atoms with E-state index in [0.717, 1.165) is 37.1 Å². The van der Waals surface area contributed by atoms with Crippen molar-refractivity contribution in [2.75, 3.05) is 24.5 Å². The minimum Gasteiger partial charge on any atom is -0.393 e. The molecule has 0 saturated carbocycles. The van der Waals surface area contributed by atoms with E-state index in [4.69, 9.17) is 0 Å². The van der Waals surface area contributed by atoms with Crippen LogP contribution in [0, 0.1) is 5.92 Å². The first-order chi connectivity index (χ1) is 9.11. The minimum atomic E-state index is -0.149. The summed E-state index contributed by atoms with van der Waals surface area (Å²) in [4.78, 5) is 2.40. The summed E-state index contributed by atoms with van der Waals surface area (Å²) in [7, 11) is 0. The third kappa shape index (κ3) is 3.71. The van der Waals surface area contributed by atoms with Crippen LogP contribution in [0.5, 0.6) is 0 Å². The van der Waals surface area contributed by atoms with E-state index < -0.39 is 0 Å². The van der Waals surface area contributed by atoms with Gasteiger partial charge in [0.1, 0.15) is 0 Å². The minimum absolute atomic E-state index is 0.149. The monoisotopic (exact) mass is 326 g/mol. The highest BCUT2D eigenvalue weighted by Crippen LogP contribution is 2.28. The van der Waals surface area contributed by atoms with Crippen LogP contribution in [0.25, 0.3) is 0 Å². The topological polar surface area (TPSA) is 35.5 Å². The summed E-state index contributed by atoms with van der Waals surface area (Å²) < 4.78 is 1.12. The number of halogens is 1. The summed E-state index contributed by atoms with van der Waals surface area (Å²) in [5.41, 5.74) is 2.61. The molecule has 1 aromatic carbocycles. The predicted octanol–water partition coefficient (Wildman–Crippen LogP) is 2.77. The summed E-state index contributed by atoms with van der Waals surface area (Å²) in [6.07, 6.45) is 0.710. The van der Waals surface area contributed by atoms with E-state index in [1.54, 1.807) is 0 Å². The third-order valence-corrected chi connectivity index (χ3v) is 4.30. The van der Waals surface area contributed by atoms with Crippen molar-refractivity contribution in [2.45, 2.75) is 32.9 Å². The molecule has 19 heavy (non-hydrogen) atoms. The fourth-order valence-electron chi connectivity index (χ4n) is 2.62. The molecule has 1 fully saturated rings. The van der Waals surface area contributed by atoms with Gasteiger partial charge in [0.05, 0.1) is 6.10 Å². The number of aliphatic hydroxyl groups excluding tert-OH is 1. The molecule has 2 N–H and O–H groups in total. The molecule has 106 valence electrons. The second kappa shape index (κ2) is 6.73. The molecule has 1 heterocycles. The van der Waals surface area contributed by atoms with Crippen molar-refractivity contribution in [2.24, 2.45) is 5.92 Å². The van der Waals surface area contributed by atoms with Gasteiger partial charge in [0.2, 0.25) is 0 Å². The fraction of sp³-hybridized carbons (Fsp3) is 0.600. The maximum Gasteiger partial charge on any atom is 0.0599 e. The van der Waals surface area contributed by atoms with Crippen molar-refractivity contribution in [3.63, 3.8) is 0 Å². The zero-order valence-electron chi connectivity index (χ0n) is 11.7. The van der Waals surface area contributed by atoms with E-state index in [1.807, 2.05) is 0 Å². The summed E-state index contributed by atoms with van der Waals surface area (Å²) in [6, 6.07) is 6.47. The Balaban J connectivity index is 2.18. The number of rotatable bonds is 4. The van der Waals surface area contributed by atoms with Gasteiger partial charge in [-0.2, -0.15) is 0 Å². The normalized spacial score (nSPS) is 23.7. The lowest BCUT2D eigenvalue weighted by Crippen LogP contribution is -2.42. The molecule has 2 unspecified atom stereocenters. The summed E-state index contributed by atoms with van der Waals surface area (Å²) in [6.45, 7) is 7.98. The second-order valence-corrected chi connectivity index (χ2v) is 6.25. The van der Waals surface area contributed by atoms with Gasteiger partial charge in [0.15, 0.2) is 0 Å². The van der Waals surface area contributed by atoms with Gasteiger partial charge in [-0.25, -0.2) is 0 Å². The number of nitrogens with zero attached hydrogens (tertiary/aromatic N) is 1. The highest BCUT2D eigenvalue weighted by Gasteiger charge is 2.25. The molecular weight excluding hydrogens is 304 g/mol. The number of hydrogen-bond acceptors (Lipinski definition) is 3. The highest BCUT2D eigenvalue weighted by molar-refractivity contribution is 9.10. The van der Waals surface area contributed by atoms with Crippen molar-refractivity contribution in [1.29, 1.82) is 0 Å². The van der Waals surface area contributed by atoms with Crippen LogP contribution in [0.4, 0.5) is 5.69 Å². The quantitative estimate of drug-likeness (QED) is 0.893. The van der Waals surface area contributed by atoms with Crippen molar-refractivity contribution in [3.8, 4) is 0 Å². The number of aliphatic hydroxyl groups is 1. The smallest absolute Gasteiger partial charge is 0.0599 e. The average Bonchev–Trinajstić information content (AvgIpc) is 2.40. The Labute approximate surface area is 124 Å². The molecule has 0 bridgehead atoms.